The van der Waals surface area contributed by atoms with Crippen molar-refractivity contribution in [3.63, 3.8) is 0 Å². The second-order valence-electron chi connectivity index (χ2n) is 5.10. The third-order valence-corrected chi connectivity index (χ3v) is 2.47. The van der Waals surface area contributed by atoms with Crippen LogP contribution >= 0.6 is 0 Å². The van der Waals surface area contributed by atoms with Crippen LogP contribution in [0.15, 0.2) is 0 Å². The highest BCUT2D eigenvalue weighted by Gasteiger charge is 2.12. The summed E-state index contributed by atoms with van der Waals surface area (Å²) in [6.45, 7) is 13.3. The molecule has 0 bridgehead atoms. The molecule has 0 aromatic heterocycles. The first-order valence-electron chi connectivity index (χ1n) is 6.29. The Bertz CT molecular complexity index is 147. The molecule has 0 radical (unpaired) electrons. The first-order valence-corrected chi connectivity index (χ1v) is 6.29. The molecule has 2 nitrogen and oxygen atoms in total. The summed E-state index contributed by atoms with van der Waals surface area (Å²) in [6, 6.07) is 0. The zero-order valence-corrected chi connectivity index (χ0v) is 11.4. The standard InChI is InChI=1S/C13H29NO/c1-7-8-14(6)10-12(4)9-13(5)15-11(2)3/h11-13H,7-10H2,1-6H3. The van der Waals surface area contributed by atoms with Crippen molar-refractivity contribution in [1.82, 2.24) is 4.90 Å². The van der Waals surface area contributed by atoms with Crippen molar-refractivity contribution in [2.75, 3.05) is 20.1 Å². The lowest BCUT2D eigenvalue weighted by Gasteiger charge is -2.24. The lowest BCUT2D eigenvalue weighted by atomic mass is 10.0. The van der Waals surface area contributed by atoms with E-state index in [9.17, 15) is 0 Å². The van der Waals surface area contributed by atoms with E-state index in [-0.39, 0.29) is 0 Å². The molecule has 0 heterocycles. The Balaban J connectivity index is 3.67. The van der Waals surface area contributed by atoms with E-state index in [2.05, 4.69) is 46.6 Å². The molecular formula is C13H29NO. The predicted octanol–water partition coefficient (Wildman–Crippen LogP) is 3.17. The summed E-state index contributed by atoms with van der Waals surface area (Å²) in [5.74, 6) is 0.718. The van der Waals surface area contributed by atoms with E-state index in [1.165, 1.54) is 19.5 Å². The minimum atomic E-state index is 0.348. The smallest absolute Gasteiger partial charge is 0.0553 e. The van der Waals surface area contributed by atoms with Crippen LogP contribution in [0.2, 0.25) is 0 Å². The first kappa shape index (κ1) is 14.9. The van der Waals surface area contributed by atoms with Crippen molar-refractivity contribution in [2.45, 2.75) is 59.7 Å². The Morgan fingerprint density at radius 1 is 1.13 bits per heavy atom. The predicted molar refractivity (Wildman–Crippen MR) is 67.3 cm³/mol. The van der Waals surface area contributed by atoms with Crippen LogP contribution in [0.25, 0.3) is 0 Å². The van der Waals surface area contributed by atoms with E-state index in [4.69, 9.17) is 4.74 Å². The molecule has 0 aromatic carbocycles. The van der Waals surface area contributed by atoms with Gasteiger partial charge in [-0.25, -0.2) is 0 Å². The maximum atomic E-state index is 5.74. The molecule has 0 aliphatic rings. The third-order valence-electron chi connectivity index (χ3n) is 2.47. The highest BCUT2D eigenvalue weighted by Crippen LogP contribution is 2.11. The van der Waals surface area contributed by atoms with E-state index >= 15 is 0 Å². The van der Waals surface area contributed by atoms with Crippen LogP contribution in [0.4, 0.5) is 0 Å². The molecule has 0 spiro atoms. The minimum Gasteiger partial charge on any atom is -0.376 e. The van der Waals surface area contributed by atoms with Crippen molar-refractivity contribution in [3.05, 3.63) is 0 Å². The molecule has 0 aliphatic carbocycles. The van der Waals surface area contributed by atoms with Gasteiger partial charge in [0.1, 0.15) is 0 Å². The number of hydrogen-bond donors (Lipinski definition) is 0. The summed E-state index contributed by atoms with van der Waals surface area (Å²) in [5, 5.41) is 0. The van der Waals surface area contributed by atoms with Gasteiger partial charge in [-0.3, -0.25) is 0 Å². The van der Waals surface area contributed by atoms with Crippen LogP contribution in [-0.2, 0) is 4.74 Å². The molecule has 0 amide bonds. The van der Waals surface area contributed by atoms with Crippen LogP contribution in [0.1, 0.15) is 47.5 Å². The molecule has 0 saturated heterocycles. The Morgan fingerprint density at radius 2 is 1.73 bits per heavy atom. The summed E-state index contributed by atoms with van der Waals surface area (Å²) >= 11 is 0. The Kier molecular flexibility index (Phi) is 8.07. The van der Waals surface area contributed by atoms with E-state index in [0.29, 0.717) is 12.2 Å². The fourth-order valence-electron chi connectivity index (χ4n) is 2.17. The van der Waals surface area contributed by atoms with Gasteiger partial charge in [-0.1, -0.05) is 13.8 Å². The second-order valence-corrected chi connectivity index (χ2v) is 5.10. The van der Waals surface area contributed by atoms with Crippen molar-refractivity contribution < 1.29 is 4.74 Å². The van der Waals surface area contributed by atoms with Gasteiger partial charge in [0.05, 0.1) is 12.2 Å². The topological polar surface area (TPSA) is 12.5 Å². The molecule has 2 atom stereocenters. The maximum absolute atomic E-state index is 5.74. The highest BCUT2D eigenvalue weighted by atomic mass is 16.5. The van der Waals surface area contributed by atoms with E-state index in [1.54, 1.807) is 0 Å². The Labute approximate surface area is 96.0 Å². The van der Waals surface area contributed by atoms with Gasteiger partial charge in [-0.15, -0.1) is 0 Å². The van der Waals surface area contributed by atoms with Crippen LogP contribution in [0.3, 0.4) is 0 Å². The van der Waals surface area contributed by atoms with E-state index in [1.807, 2.05) is 0 Å². The molecule has 2 heteroatoms. The minimum absolute atomic E-state index is 0.348. The molecular weight excluding hydrogens is 186 g/mol. The zero-order chi connectivity index (χ0) is 11.8. The van der Waals surface area contributed by atoms with Gasteiger partial charge in [0, 0.05) is 6.54 Å². The second kappa shape index (κ2) is 8.12. The SMILES string of the molecule is CCCN(C)CC(C)CC(C)OC(C)C. The quantitative estimate of drug-likeness (QED) is 0.616. The number of hydrogen-bond acceptors (Lipinski definition) is 2. The summed E-state index contributed by atoms with van der Waals surface area (Å²) in [7, 11) is 2.20. The summed E-state index contributed by atoms with van der Waals surface area (Å²) < 4.78 is 5.74. The monoisotopic (exact) mass is 215 g/mol. The maximum Gasteiger partial charge on any atom is 0.0553 e. The average Bonchev–Trinajstić information content (AvgIpc) is 2.00. The summed E-state index contributed by atoms with van der Waals surface area (Å²) in [5.41, 5.74) is 0. The van der Waals surface area contributed by atoms with Gasteiger partial charge < -0.3 is 9.64 Å². The Hall–Kier alpha value is -0.0800. The van der Waals surface area contributed by atoms with Gasteiger partial charge >= 0.3 is 0 Å². The molecule has 92 valence electrons. The Morgan fingerprint density at radius 3 is 2.20 bits per heavy atom. The molecule has 15 heavy (non-hydrogen) atoms. The lowest BCUT2D eigenvalue weighted by Crippen LogP contribution is -2.28. The third kappa shape index (κ3) is 8.88. The first-order chi connectivity index (χ1) is 6.95. The van der Waals surface area contributed by atoms with Crippen molar-refractivity contribution in [2.24, 2.45) is 5.92 Å². The molecule has 0 fully saturated rings. The molecule has 0 N–H and O–H groups in total. The summed E-state index contributed by atoms with van der Waals surface area (Å²) in [4.78, 5) is 2.41. The number of ether oxygens (including phenoxy) is 1. The van der Waals surface area contributed by atoms with Crippen LogP contribution < -0.4 is 0 Å². The van der Waals surface area contributed by atoms with Gasteiger partial charge in [-0.05, 0) is 53.1 Å². The van der Waals surface area contributed by atoms with Crippen molar-refractivity contribution in [3.8, 4) is 0 Å². The van der Waals surface area contributed by atoms with Gasteiger partial charge in [0.25, 0.3) is 0 Å². The largest absolute Gasteiger partial charge is 0.376 e. The van der Waals surface area contributed by atoms with Gasteiger partial charge in [0.2, 0.25) is 0 Å². The normalized spacial score (nSPS) is 16.0. The molecule has 2 unspecified atom stereocenters. The van der Waals surface area contributed by atoms with Crippen molar-refractivity contribution >= 4 is 0 Å². The van der Waals surface area contributed by atoms with Gasteiger partial charge in [0.15, 0.2) is 0 Å². The van der Waals surface area contributed by atoms with Crippen LogP contribution in [-0.4, -0.2) is 37.2 Å². The fraction of sp³-hybridized carbons (Fsp3) is 1.00. The number of nitrogens with zero attached hydrogens (tertiary/aromatic N) is 1. The molecule has 0 rings (SSSR count). The average molecular weight is 215 g/mol. The highest BCUT2D eigenvalue weighted by molar-refractivity contribution is 4.63. The zero-order valence-electron chi connectivity index (χ0n) is 11.4. The van der Waals surface area contributed by atoms with Crippen LogP contribution in [0.5, 0.6) is 0 Å². The molecule has 0 aliphatic heterocycles. The fourth-order valence-corrected chi connectivity index (χ4v) is 2.17. The summed E-state index contributed by atoms with van der Waals surface area (Å²) in [6.07, 6.45) is 3.13. The van der Waals surface area contributed by atoms with Crippen LogP contribution in [0, 0.1) is 5.92 Å². The van der Waals surface area contributed by atoms with Crippen molar-refractivity contribution in [1.29, 1.82) is 0 Å². The van der Waals surface area contributed by atoms with E-state index < -0.39 is 0 Å². The lowest BCUT2D eigenvalue weighted by molar-refractivity contribution is 0.00469. The molecule has 0 saturated carbocycles. The van der Waals surface area contributed by atoms with E-state index in [0.717, 1.165) is 12.3 Å². The van der Waals surface area contributed by atoms with Gasteiger partial charge in [-0.2, -0.15) is 0 Å². The number of rotatable bonds is 8. The molecule has 0 aromatic rings.